The molecule has 13 rings (SSSR count). The number of rotatable bonds is 6. The number of ether oxygens (including phenoxy) is 5. The Hall–Kier alpha value is -11.0. The van der Waals surface area contributed by atoms with Crippen LogP contribution < -0.4 is 56.6 Å². The number of carboxylic acids is 1. The summed E-state index contributed by atoms with van der Waals surface area (Å²) in [5.74, 6) is -16.2. The third kappa shape index (κ3) is 12.9. The molecular weight excluding hydrogens is 1260 g/mol. The van der Waals surface area contributed by atoms with Gasteiger partial charge in [0.05, 0.1) is 17.2 Å². The van der Waals surface area contributed by atoms with E-state index in [1.807, 2.05) is 0 Å². The van der Waals surface area contributed by atoms with E-state index in [-0.39, 0.29) is 66.4 Å². The normalized spacial score (nSPS) is 21.4. The van der Waals surface area contributed by atoms with Gasteiger partial charge in [-0.15, -0.1) is 0 Å². The van der Waals surface area contributed by atoms with Crippen LogP contribution in [0.2, 0.25) is 10.0 Å². The molecule has 1 unspecified atom stereocenters. The van der Waals surface area contributed by atoms with Crippen LogP contribution in [0.3, 0.4) is 0 Å². The third-order valence-corrected chi connectivity index (χ3v) is 16.1. The summed E-state index contributed by atoms with van der Waals surface area (Å²) in [5.41, 5.74) is 4.39. The van der Waals surface area contributed by atoms with Crippen LogP contribution in [0, 0.1) is 0 Å². The SMILES string of the molecule is COC(=O)[C@@H]1NC(=O)[C@H]2NC(=O)[C@H](NC(=O)[C@@H]3NC(=O)[C@H]4NC(=O)[C@@H](Cc5ccc(c(Cl)c5)Oc5cc3cc(c5OC(CCO)C(=O)O)Oc3ccc(cc3Cl)[C@H]2O)NC(=O)[C@@H](N)c2ccc(O)c(c2)Oc2cc(O)cc4c2)c2ccc(O)c(c2)-c2c(O)cc(O)cc21. The van der Waals surface area contributed by atoms with Crippen molar-refractivity contribution in [3.8, 4) is 80.1 Å². The van der Waals surface area contributed by atoms with Gasteiger partial charge in [-0.3, -0.25) is 28.8 Å². The lowest BCUT2D eigenvalue weighted by atomic mass is 9.89. The largest absolute Gasteiger partial charge is 0.508 e. The number of phenols is 5. The van der Waals surface area contributed by atoms with E-state index in [1.165, 1.54) is 48.5 Å². The van der Waals surface area contributed by atoms with Crippen molar-refractivity contribution in [2.24, 2.45) is 5.73 Å². The number of aromatic hydroxyl groups is 5. The number of halogens is 2. The first kappa shape index (κ1) is 63.5. The molecule has 6 heterocycles. The molecule has 0 spiro atoms. The van der Waals surface area contributed by atoms with Crippen molar-refractivity contribution >= 4 is 70.6 Å². The molecule has 9 atom stereocenters. The van der Waals surface area contributed by atoms with Crippen molar-refractivity contribution in [1.82, 2.24) is 31.9 Å². The van der Waals surface area contributed by atoms with Gasteiger partial charge < -0.3 is 102 Å². The summed E-state index contributed by atoms with van der Waals surface area (Å²) in [6.45, 7) is -0.747. The molecule has 28 nitrogen and oxygen atoms in total. The molecule has 0 aliphatic carbocycles. The Labute approximate surface area is 534 Å². The molecule has 0 saturated heterocycles. The van der Waals surface area contributed by atoms with E-state index in [9.17, 15) is 60.0 Å². The molecule has 480 valence electrons. The quantitative estimate of drug-likeness (QED) is 0.101. The maximum Gasteiger partial charge on any atom is 0.344 e. The van der Waals surface area contributed by atoms with Gasteiger partial charge >= 0.3 is 11.9 Å². The minimum atomic E-state index is -2.27. The Balaban J connectivity index is 1.18. The number of hydrogen-bond donors (Lipinski definition) is 15. The van der Waals surface area contributed by atoms with Gasteiger partial charge in [-0.1, -0.05) is 47.5 Å². The molecule has 17 bridgehead atoms. The molecule has 7 aromatic rings. The number of phenolic OH excluding ortho intramolecular Hbond substituents is 5. The van der Waals surface area contributed by atoms with Gasteiger partial charge in [0, 0.05) is 48.3 Å². The fourth-order valence-electron chi connectivity index (χ4n) is 10.9. The van der Waals surface area contributed by atoms with E-state index in [0.717, 1.165) is 73.8 Å². The fourth-order valence-corrected chi connectivity index (χ4v) is 11.4. The number of hydrogen-bond acceptors (Lipinski definition) is 21. The summed E-state index contributed by atoms with van der Waals surface area (Å²) in [7, 11) is 0.947. The van der Waals surface area contributed by atoms with Crippen LogP contribution >= 0.6 is 23.2 Å². The first-order chi connectivity index (χ1) is 44.4. The molecule has 0 radical (unpaired) electrons. The van der Waals surface area contributed by atoms with Gasteiger partial charge in [-0.2, -0.15) is 0 Å². The van der Waals surface area contributed by atoms with Crippen LogP contribution in [-0.4, -0.2) is 120 Å². The van der Waals surface area contributed by atoms with Crippen LogP contribution in [0.5, 0.6) is 69.0 Å². The number of carbonyl (C=O) groups is 8. The summed E-state index contributed by atoms with van der Waals surface area (Å²) in [4.78, 5) is 118. The summed E-state index contributed by atoms with van der Waals surface area (Å²) in [6.07, 6.45) is -5.02. The van der Waals surface area contributed by atoms with Crippen molar-refractivity contribution in [3.05, 3.63) is 164 Å². The van der Waals surface area contributed by atoms with Gasteiger partial charge in [0.2, 0.25) is 41.2 Å². The first-order valence-corrected chi connectivity index (χ1v) is 28.8. The standard InChI is InChI=1S/C63H53Cl2N7O21/c1-89-63(88)52-34-22-31(75)23-40(78)47(34)33-16-26(4-6-38(33)76)49-58(82)72-53(61(85)71-52)54(79)27-5-9-42(36(65)17-27)92-46-20-29-19-45(55(46)93-43(10-11-73)62(86)87)91-41-8-2-24(12-35(41)64)13-37-56(80)68-50(59(83)70-51(29)60(84)69-49)28-14-30(74)21-32(15-28)90-44-18-25(3-7-39(44)77)48(66)57(81)67-37/h2-9,12,14-23,37,43,48-54,73-79H,10-11,13,66H2,1H3,(H,67,81)(H,68,80)(H,69,84)(H,70,83)(H,71,85)(H,72,82)(H,86,87)/t37-,43?,48+,49-,50+,51-,52-,53+,54-/m1/s1. The number of methoxy groups -OCH3 is 1. The van der Waals surface area contributed by atoms with Gasteiger partial charge in [-0.05, 0) is 112 Å². The zero-order chi connectivity index (χ0) is 66.4. The van der Waals surface area contributed by atoms with E-state index in [2.05, 4.69) is 31.9 Å². The van der Waals surface area contributed by atoms with Crippen molar-refractivity contribution in [2.75, 3.05) is 13.7 Å². The Kier molecular flexibility index (Phi) is 17.5. The lowest BCUT2D eigenvalue weighted by Crippen LogP contribution is -2.55. The summed E-state index contributed by atoms with van der Waals surface area (Å²) in [6, 6.07) is 7.84. The molecule has 0 saturated carbocycles. The number of fused-ring (bicyclic) bond motifs is 14. The number of aliphatic hydroxyl groups is 2. The fraction of sp³-hybridized carbons (Fsp3) is 0.206. The van der Waals surface area contributed by atoms with Gasteiger partial charge in [-0.25, -0.2) is 9.59 Å². The number of nitrogens with two attached hydrogens (primary N) is 1. The second-order valence-electron chi connectivity index (χ2n) is 21.7. The molecule has 16 N–H and O–H groups in total. The predicted molar refractivity (Wildman–Crippen MR) is 321 cm³/mol. The predicted octanol–water partition coefficient (Wildman–Crippen LogP) is 4.58. The summed E-state index contributed by atoms with van der Waals surface area (Å²) < 4.78 is 30.1. The van der Waals surface area contributed by atoms with Crippen molar-refractivity contribution < 1.29 is 103 Å². The highest BCUT2D eigenvalue weighted by Crippen LogP contribution is 2.49. The monoisotopic (exact) mass is 1310 g/mol. The Morgan fingerprint density at radius 1 is 0.581 bits per heavy atom. The Morgan fingerprint density at radius 2 is 1.17 bits per heavy atom. The number of amides is 6. The van der Waals surface area contributed by atoms with Crippen LogP contribution in [-0.2, 0) is 49.5 Å². The molecule has 93 heavy (non-hydrogen) atoms. The average molecular weight is 1320 g/mol. The first-order valence-electron chi connectivity index (χ1n) is 28.1. The van der Waals surface area contributed by atoms with E-state index < -0.39 is 184 Å². The maximum absolute atomic E-state index is 16.0. The lowest BCUT2D eigenvalue weighted by Gasteiger charge is -2.31. The van der Waals surface area contributed by atoms with E-state index in [0.29, 0.717) is 0 Å². The summed E-state index contributed by atoms with van der Waals surface area (Å²) in [5, 5.41) is 104. The number of carbonyl (C=O) groups excluding carboxylic acids is 7. The van der Waals surface area contributed by atoms with Crippen molar-refractivity contribution in [1.29, 1.82) is 0 Å². The maximum atomic E-state index is 16.0. The zero-order valence-electron chi connectivity index (χ0n) is 48.0. The molecular formula is C63H53Cl2N7O21. The zero-order valence-corrected chi connectivity index (χ0v) is 49.5. The van der Waals surface area contributed by atoms with Crippen LogP contribution in [0.1, 0.15) is 81.7 Å². The van der Waals surface area contributed by atoms with Gasteiger partial charge in [0.15, 0.2) is 35.1 Å². The minimum absolute atomic E-state index is 0.0926. The number of esters is 1. The van der Waals surface area contributed by atoms with Crippen molar-refractivity contribution in [2.45, 2.75) is 67.3 Å². The van der Waals surface area contributed by atoms with Crippen molar-refractivity contribution in [3.63, 3.8) is 0 Å². The second-order valence-corrected chi connectivity index (χ2v) is 22.5. The molecule has 0 fully saturated rings. The molecule has 7 aromatic carbocycles. The molecule has 30 heteroatoms. The second kappa shape index (κ2) is 25.7. The molecule has 6 aliphatic heterocycles. The number of aliphatic carboxylic acids is 1. The van der Waals surface area contributed by atoms with E-state index >= 15 is 19.2 Å². The number of aliphatic hydroxyl groups excluding tert-OH is 2. The molecule has 6 aliphatic rings. The highest BCUT2D eigenvalue weighted by atomic mass is 35.5. The smallest absolute Gasteiger partial charge is 0.344 e. The number of benzene rings is 7. The third-order valence-electron chi connectivity index (χ3n) is 15.5. The average Bonchev–Trinajstić information content (AvgIpc) is 0.783. The minimum Gasteiger partial charge on any atom is -0.508 e. The topological polar surface area (TPSA) is 443 Å². The molecule has 0 aromatic heterocycles. The summed E-state index contributed by atoms with van der Waals surface area (Å²) >= 11 is 13.9. The lowest BCUT2D eigenvalue weighted by molar-refractivity contribution is -0.146. The van der Waals surface area contributed by atoms with Gasteiger partial charge in [0.25, 0.3) is 0 Å². The van der Waals surface area contributed by atoms with Gasteiger partial charge in [0.1, 0.15) is 82.6 Å². The van der Waals surface area contributed by atoms with E-state index in [4.69, 9.17) is 52.6 Å². The molecule has 6 amide bonds. The van der Waals surface area contributed by atoms with Crippen LogP contribution in [0.15, 0.2) is 115 Å². The van der Waals surface area contributed by atoms with E-state index in [1.54, 1.807) is 0 Å². The highest BCUT2D eigenvalue weighted by molar-refractivity contribution is 6.32. The Morgan fingerprint density at radius 3 is 1.83 bits per heavy atom. The number of carboxylic acid groups (broad SMARTS) is 1. The number of nitrogens with one attached hydrogen (secondary N) is 6. The Bertz CT molecular complexity index is 4290. The highest BCUT2D eigenvalue weighted by Gasteiger charge is 2.42. The van der Waals surface area contributed by atoms with Crippen LogP contribution in [0.4, 0.5) is 0 Å². The van der Waals surface area contributed by atoms with Crippen LogP contribution in [0.25, 0.3) is 11.1 Å².